The average molecular weight is 371 g/mol. The topological polar surface area (TPSA) is 46.2 Å². The first-order valence-electron chi connectivity index (χ1n) is 4.88. The first-order chi connectivity index (χ1) is 7.58. The third-order valence-electron chi connectivity index (χ3n) is 1.98. The molecule has 1 aromatic carbocycles. The molecule has 0 bridgehead atoms. The molecule has 1 N–H and O–H groups in total. The van der Waals surface area contributed by atoms with Gasteiger partial charge in [0.1, 0.15) is 0 Å². The van der Waals surface area contributed by atoms with E-state index in [1.54, 1.807) is 24.3 Å². The molecule has 0 fully saturated rings. The maximum Gasteiger partial charge on any atom is 0.241 e. The van der Waals surface area contributed by atoms with Crippen molar-refractivity contribution in [1.29, 1.82) is 0 Å². The van der Waals surface area contributed by atoms with Crippen LogP contribution in [0.25, 0.3) is 0 Å². The minimum Gasteiger partial charge on any atom is -0.211 e. The highest BCUT2D eigenvalue weighted by molar-refractivity contribution is 9.10. The van der Waals surface area contributed by atoms with Crippen LogP contribution in [0.15, 0.2) is 33.6 Å². The molecule has 0 heterocycles. The number of halogens is 2. The highest BCUT2D eigenvalue weighted by atomic mass is 79.9. The largest absolute Gasteiger partial charge is 0.241 e. The summed E-state index contributed by atoms with van der Waals surface area (Å²) in [5.41, 5.74) is 0. The lowest BCUT2D eigenvalue weighted by Crippen LogP contribution is -2.25. The van der Waals surface area contributed by atoms with Crippen molar-refractivity contribution in [2.45, 2.75) is 17.7 Å². The van der Waals surface area contributed by atoms with Crippen LogP contribution < -0.4 is 4.72 Å². The molecule has 3 nitrogen and oxygen atoms in total. The lowest BCUT2D eigenvalue weighted by Gasteiger charge is -2.07. The fourth-order valence-corrected chi connectivity index (χ4v) is 3.64. The second-order valence-electron chi connectivity index (χ2n) is 3.22. The van der Waals surface area contributed by atoms with Gasteiger partial charge < -0.3 is 0 Å². The summed E-state index contributed by atoms with van der Waals surface area (Å²) in [5, 5.41) is 0.893. The van der Waals surface area contributed by atoms with Gasteiger partial charge in [0.25, 0.3) is 0 Å². The summed E-state index contributed by atoms with van der Waals surface area (Å²) in [7, 11) is -3.38. The van der Waals surface area contributed by atoms with Gasteiger partial charge in [0.2, 0.25) is 10.0 Å². The van der Waals surface area contributed by atoms with E-state index in [1.165, 1.54) is 0 Å². The van der Waals surface area contributed by atoms with E-state index in [2.05, 4.69) is 36.6 Å². The Morgan fingerprint density at radius 3 is 2.50 bits per heavy atom. The fourth-order valence-electron chi connectivity index (χ4n) is 1.17. The van der Waals surface area contributed by atoms with Gasteiger partial charge in [-0.05, 0) is 40.9 Å². The van der Waals surface area contributed by atoms with Crippen LogP contribution in [-0.4, -0.2) is 20.3 Å². The Bertz CT molecular complexity index is 434. The quantitative estimate of drug-likeness (QED) is 0.618. The highest BCUT2D eigenvalue weighted by Crippen LogP contribution is 2.20. The van der Waals surface area contributed by atoms with E-state index < -0.39 is 10.0 Å². The Labute approximate surface area is 113 Å². The minimum atomic E-state index is -3.38. The van der Waals surface area contributed by atoms with Crippen molar-refractivity contribution in [2.75, 3.05) is 11.9 Å². The van der Waals surface area contributed by atoms with E-state index in [4.69, 9.17) is 0 Å². The molecule has 0 aliphatic carbocycles. The average Bonchev–Trinajstić information content (AvgIpc) is 2.25. The SMILES string of the molecule is O=S(=O)(NCCCCBr)c1ccccc1Br. The summed E-state index contributed by atoms with van der Waals surface area (Å²) in [6, 6.07) is 6.79. The van der Waals surface area contributed by atoms with Gasteiger partial charge in [-0.1, -0.05) is 28.1 Å². The number of alkyl halides is 1. The minimum absolute atomic E-state index is 0.286. The highest BCUT2D eigenvalue weighted by Gasteiger charge is 2.15. The Morgan fingerprint density at radius 2 is 1.88 bits per heavy atom. The molecule has 90 valence electrons. The summed E-state index contributed by atoms with van der Waals surface area (Å²) in [6.07, 6.45) is 1.79. The van der Waals surface area contributed by atoms with E-state index in [0.29, 0.717) is 11.0 Å². The Morgan fingerprint density at radius 1 is 1.19 bits per heavy atom. The predicted molar refractivity (Wildman–Crippen MR) is 72.4 cm³/mol. The fraction of sp³-hybridized carbons (Fsp3) is 0.400. The summed E-state index contributed by atoms with van der Waals surface area (Å²) in [5.74, 6) is 0. The second-order valence-corrected chi connectivity index (χ2v) is 6.61. The van der Waals surface area contributed by atoms with Gasteiger partial charge in [0, 0.05) is 16.3 Å². The number of benzene rings is 1. The third-order valence-corrected chi connectivity index (χ3v) is 5.01. The predicted octanol–water partition coefficient (Wildman–Crippen LogP) is 2.90. The lowest BCUT2D eigenvalue weighted by atomic mass is 10.3. The molecular weight excluding hydrogens is 358 g/mol. The van der Waals surface area contributed by atoms with Gasteiger partial charge in [0.15, 0.2) is 0 Å². The first-order valence-corrected chi connectivity index (χ1v) is 8.28. The number of hydrogen-bond donors (Lipinski definition) is 1. The van der Waals surface area contributed by atoms with Gasteiger partial charge in [-0.15, -0.1) is 0 Å². The molecule has 0 radical (unpaired) electrons. The summed E-state index contributed by atoms with van der Waals surface area (Å²) in [6.45, 7) is 0.468. The van der Waals surface area contributed by atoms with Crippen molar-refractivity contribution in [3.05, 3.63) is 28.7 Å². The summed E-state index contributed by atoms with van der Waals surface area (Å²) >= 11 is 6.53. The molecule has 0 aliphatic heterocycles. The molecule has 0 spiro atoms. The van der Waals surface area contributed by atoms with E-state index >= 15 is 0 Å². The van der Waals surface area contributed by atoms with Crippen molar-refractivity contribution in [2.24, 2.45) is 0 Å². The molecule has 0 saturated heterocycles. The van der Waals surface area contributed by atoms with Gasteiger partial charge in [-0.3, -0.25) is 0 Å². The molecule has 0 amide bonds. The van der Waals surface area contributed by atoms with Crippen molar-refractivity contribution < 1.29 is 8.42 Å². The van der Waals surface area contributed by atoms with Crippen LogP contribution in [-0.2, 0) is 10.0 Å². The number of hydrogen-bond acceptors (Lipinski definition) is 2. The van der Waals surface area contributed by atoms with E-state index in [-0.39, 0.29) is 4.90 Å². The van der Waals surface area contributed by atoms with Gasteiger partial charge in [-0.25, -0.2) is 13.1 Å². The molecule has 0 aliphatic rings. The second kappa shape index (κ2) is 6.74. The maximum atomic E-state index is 11.9. The molecule has 0 atom stereocenters. The van der Waals surface area contributed by atoms with Crippen LogP contribution >= 0.6 is 31.9 Å². The monoisotopic (exact) mass is 369 g/mol. The van der Waals surface area contributed by atoms with Crippen molar-refractivity contribution in [3.8, 4) is 0 Å². The zero-order valence-corrected chi connectivity index (χ0v) is 12.6. The van der Waals surface area contributed by atoms with Gasteiger partial charge in [-0.2, -0.15) is 0 Å². The van der Waals surface area contributed by atoms with Crippen molar-refractivity contribution in [3.63, 3.8) is 0 Å². The summed E-state index contributed by atoms with van der Waals surface area (Å²) < 4.78 is 26.9. The number of unbranched alkanes of at least 4 members (excludes halogenated alkanes) is 1. The van der Waals surface area contributed by atoms with Crippen LogP contribution in [0.2, 0.25) is 0 Å². The van der Waals surface area contributed by atoms with Crippen LogP contribution in [0.5, 0.6) is 0 Å². The summed E-state index contributed by atoms with van der Waals surface area (Å²) in [4.78, 5) is 0.286. The smallest absolute Gasteiger partial charge is 0.211 e. The normalized spacial score (nSPS) is 11.6. The third kappa shape index (κ3) is 4.16. The molecule has 1 rings (SSSR count). The van der Waals surface area contributed by atoms with Crippen molar-refractivity contribution >= 4 is 41.9 Å². The molecule has 16 heavy (non-hydrogen) atoms. The van der Waals surface area contributed by atoms with Crippen LogP contribution in [0, 0.1) is 0 Å². The molecule has 0 unspecified atom stereocenters. The lowest BCUT2D eigenvalue weighted by molar-refractivity contribution is 0.578. The van der Waals surface area contributed by atoms with E-state index in [0.717, 1.165) is 18.2 Å². The maximum absolute atomic E-state index is 11.9. The van der Waals surface area contributed by atoms with E-state index in [9.17, 15) is 8.42 Å². The van der Waals surface area contributed by atoms with Crippen LogP contribution in [0.1, 0.15) is 12.8 Å². The molecule has 6 heteroatoms. The Hall–Kier alpha value is 0.0900. The van der Waals surface area contributed by atoms with Gasteiger partial charge >= 0.3 is 0 Å². The molecule has 0 aromatic heterocycles. The van der Waals surface area contributed by atoms with Crippen LogP contribution in [0.4, 0.5) is 0 Å². The zero-order valence-electron chi connectivity index (χ0n) is 8.62. The van der Waals surface area contributed by atoms with Gasteiger partial charge in [0.05, 0.1) is 4.90 Å². The molecule has 1 aromatic rings. The molecular formula is C10H13Br2NO2S. The first kappa shape index (κ1) is 14.2. The van der Waals surface area contributed by atoms with Crippen molar-refractivity contribution in [1.82, 2.24) is 4.72 Å². The number of nitrogens with one attached hydrogen (secondary N) is 1. The standard InChI is InChI=1S/C10H13Br2NO2S/c11-7-3-4-8-13-16(14,15)10-6-2-1-5-9(10)12/h1-2,5-6,13H,3-4,7-8H2. The Kier molecular flexibility index (Phi) is 5.96. The Balaban J connectivity index is 2.68. The van der Waals surface area contributed by atoms with E-state index in [1.807, 2.05) is 0 Å². The van der Waals surface area contributed by atoms with Crippen LogP contribution in [0.3, 0.4) is 0 Å². The zero-order chi connectivity index (χ0) is 12.0. The number of rotatable bonds is 6. The molecule has 0 saturated carbocycles. The number of sulfonamides is 1.